The Balaban J connectivity index is 1.74. The maximum Gasteiger partial charge on any atom is 0.271 e. The van der Waals surface area contributed by atoms with E-state index in [-0.39, 0.29) is 41.2 Å². The van der Waals surface area contributed by atoms with E-state index in [2.05, 4.69) is 6.08 Å². The molecular weight excluding hydrogens is 284 g/mol. The lowest BCUT2D eigenvalue weighted by Gasteiger charge is -2.19. The monoisotopic (exact) mass is 298 g/mol. The average molecular weight is 298 g/mol. The van der Waals surface area contributed by atoms with E-state index in [9.17, 15) is 19.7 Å². The molecule has 0 spiro atoms. The van der Waals surface area contributed by atoms with Crippen LogP contribution in [0.2, 0.25) is 0 Å². The van der Waals surface area contributed by atoms with E-state index >= 15 is 0 Å². The number of allylic oxidation sites excluding steroid dienone is 2. The van der Waals surface area contributed by atoms with Crippen molar-refractivity contribution in [2.75, 3.05) is 4.90 Å². The maximum absolute atomic E-state index is 12.7. The second-order valence-corrected chi connectivity index (χ2v) is 6.26. The summed E-state index contributed by atoms with van der Waals surface area (Å²) in [7, 11) is 0. The summed E-state index contributed by atoms with van der Waals surface area (Å²) in [6, 6.07) is 5.72. The van der Waals surface area contributed by atoms with Crippen LogP contribution in [0, 0.1) is 33.8 Å². The third-order valence-electron chi connectivity index (χ3n) is 5.18. The fraction of sp³-hybridized carbons (Fsp3) is 0.375. The number of nitro groups is 1. The summed E-state index contributed by atoms with van der Waals surface area (Å²) >= 11 is 0. The van der Waals surface area contributed by atoms with Crippen molar-refractivity contribution in [3.8, 4) is 0 Å². The molecular formula is C16H14N2O4. The Morgan fingerprint density at radius 3 is 2.68 bits per heavy atom. The smallest absolute Gasteiger partial charge is 0.271 e. The van der Waals surface area contributed by atoms with Crippen LogP contribution in [-0.4, -0.2) is 16.7 Å². The SMILES string of the molecule is CC1=C[C@H]2C[C@@H]1[C@H]1C(=O)N(c3cccc([N+](=O)[O-])c3)C(=O)[C@@H]12. The number of hydrogen-bond acceptors (Lipinski definition) is 4. The number of imide groups is 1. The molecule has 2 aliphatic carbocycles. The van der Waals surface area contributed by atoms with Crippen LogP contribution in [0.5, 0.6) is 0 Å². The summed E-state index contributed by atoms with van der Waals surface area (Å²) < 4.78 is 0. The molecule has 0 aromatic heterocycles. The Morgan fingerprint density at radius 2 is 1.95 bits per heavy atom. The predicted molar refractivity (Wildman–Crippen MR) is 77.9 cm³/mol. The number of amides is 2. The molecule has 0 unspecified atom stereocenters. The molecule has 3 aliphatic rings. The molecule has 22 heavy (non-hydrogen) atoms. The fourth-order valence-electron chi connectivity index (χ4n) is 4.27. The van der Waals surface area contributed by atoms with Crippen LogP contribution in [0.4, 0.5) is 11.4 Å². The molecule has 0 radical (unpaired) electrons. The Kier molecular flexibility index (Phi) is 2.55. The highest BCUT2D eigenvalue weighted by molar-refractivity contribution is 6.23. The molecule has 4 atom stereocenters. The van der Waals surface area contributed by atoms with Gasteiger partial charge in [-0.15, -0.1) is 0 Å². The molecule has 1 heterocycles. The van der Waals surface area contributed by atoms with Crippen LogP contribution in [0.3, 0.4) is 0 Å². The number of nitrogens with zero attached hydrogens (tertiary/aromatic N) is 2. The minimum absolute atomic E-state index is 0.118. The summed E-state index contributed by atoms with van der Waals surface area (Å²) in [6.07, 6.45) is 2.98. The highest BCUT2D eigenvalue weighted by Gasteiger charge is 2.60. The second-order valence-electron chi connectivity index (χ2n) is 6.26. The Bertz CT molecular complexity index is 754. The highest BCUT2D eigenvalue weighted by Crippen LogP contribution is 2.55. The molecule has 0 N–H and O–H groups in total. The van der Waals surface area contributed by atoms with Crippen LogP contribution >= 0.6 is 0 Å². The number of nitro benzene ring substituents is 1. The van der Waals surface area contributed by atoms with Gasteiger partial charge in [0.1, 0.15) is 0 Å². The van der Waals surface area contributed by atoms with E-state index in [0.29, 0.717) is 5.69 Å². The van der Waals surface area contributed by atoms with Gasteiger partial charge in [0.05, 0.1) is 22.4 Å². The zero-order valence-electron chi connectivity index (χ0n) is 11.9. The van der Waals surface area contributed by atoms with Gasteiger partial charge in [-0.1, -0.05) is 17.7 Å². The number of hydrogen-bond donors (Lipinski definition) is 0. The van der Waals surface area contributed by atoms with Gasteiger partial charge in [-0.25, -0.2) is 4.90 Å². The summed E-state index contributed by atoms with van der Waals surface area (Å²) in [5.74, 6) is -0.727. The average Bonchev–Trinajstić information content (AvgIpc) is 3.10. The van der Waals surface area contributed by atoms with Gasteiger partial charge in [0.2, 0.25) is 11.8 Å². The predicted octanol–water partition coefficient (Wildman–Crippen LogP) is 2.30. The lowest BCUT2D eigenvalue weighted by molar-refractivity contribution is -0.384. The van der Waals surface area contributed by atoms with Gasteiger partial charge in [-0.2, -0.15) is 0 Å². The highest BCUT2D eigenvalue weighted by atomic mass is 16.6. The Hall–Kier alpha value is -2.50. The summed E-state index contributed by atoms with van der Waals surface area (Å²) in [5.41, 5.74) is 1.37. The molecule has 1 saturated carbocycles. The Morgan fingerprint density at radius 1 is 1.23 bits per heavy atom. The normalized spacial score (nSPS) is 32.4. The van der Waals surface area contributed by atoms with Gasteiger partial charge in [-0.3, -0.25) is 19.7 Å². The van der Waals surface area contributed by atoms with Crippen LogP contribution in [-0.2, 0) is 9.59 Å². The molecule has 6 heteroatoms. The van der Waals surface area contributed by atoms with Crippen molar-refractivity contribution in [1.29, 1.82) is 0 Å². The number of anilines is 1. The van der Waals surface area contributed by atoms with Crippen molar-refractivity contribution in [2.24, 2.45) is 23.7 Å². The first-order valence-corrected chi connectivity index (χ1v) is 7.29. The summed E-state index contributed by atoms with van der Waals surface area (Å²) in [4.78, 5) is 36.9. The van der Waals surface area contributed by atoms with Gasteiger partial charge < -0.3 is 0 Å². The third kappa shape index (κ3) is 1.55. The van der Waals surface area contributed by atoms with Crippen molar-refractivity contribution < 1.29 is 14.5 Å². The van der Waals surface area contributed by atoms with Crippen LogP contribution in [0.25, 0.3) is 0 Å². The number of carbonyl (C=O) groups excluding carboxylic acids is 2. The Labute approximate surface area is 126 Å². The van der Waals surface area contributed by atoms with E-state index in [1.807, 2.05) is 6.92 Å². The van der Waals surface area contributed by atoms with E-state index in [4.69, 9.17) is 0 Å². The first-order valence-electron chi connectivity index (χ1n) is 7.29. The first kappa shape index (κ1) is 13.2. The molecule has 112 valence electrons. The second kappa shape index (κ2) is 4.25. The summed E-state index contributed by atoms with van der Waals surface area (Å²) in [6.45, 7) is 2.01. The fourth-order valence-corrected chi connectivity index (χ4v) is 4.27. The van der Waals surface area contributed by atoms with E-state index in [0.717, 1.165) is 11.3 Å². The number of rotatable bonds is 2. The number of non-ortho nitro benzene ring substituents is 1. The van der Waals surface area contributed by atoms with E-state index in [1.165, 1.54) is 23.8 Å². The molecule has 4 rings (SSSR count). The van der Waals surface area contributed by atoms with Crippen LogP contribution < -0.4 is 4.90 Å². The zero-order chi connectivity index (χ0) is 15.6. The third-order valence-corrected chi connectivity index (χ3v) is 5.18. The molecule has 2 amide bonds. The minimum atomic E-state index is -0.523. The molecule has 1 aromatic carbocycles. The number of benzene rings is 1. The van der Waals surface area contributed by atoms with Crippen LogP contribution in [0.15, 0.2) is 35.9 Å². The van der Waals surface area contributed by atoms with Crippen molar-refractivity contribution >= 4 is 23.2 Å². The standard InChI is InChI=1S/C16H14N2O4/c1-8-5-9-6-12(8)14-13(9)15(19)17(16(14)20)10-3-2-4-11(7-10)18(21)22/h2-5,7,9,12-14H,6H2,1H3/t9-,12-,13+,14+/m0/s1. The number of carbonyl (C=O) groups is 2. The van der Waals surface area contributed by atoms with E-state index < -0.39 is 4.92 Å². The molecule has 1 saturated heterocycles. The first-order chi connectivity index (χ1) is 10.5. The van der Waals surface area contributed by atoms with Crippen LogP contribution in [0.1, 0.15) is 13.3 Å². The maximum atomic E-state index is 12.7. The number of fused-ring (bicyclic) bond motifs is 5. The van der Waals surface area contributed by atoms with Crippen molar-refractivity contribution in [3.05, 3.63) is 46.0 Å². The topological polar surface area (TPSA) is 80.5 Å². The van der Waals surface area contributed by atoms with Gasteiger partial charge in [0, 0.05) is 12.1 Å². The molecule has 2 fully saturated rings. The quantitative estimate of drug-likeness (QED) is 0.363. The van der Waals surface area contributed by atoms with Gasteiger partial charge >= 0.3 is 0 Å². The molecule has 1 aromatic rings. The van der Waals surface area contributed by atoms with Crippen molar-refractivity contribution in [2.45, 2.75) is 13.3 Å². The van der Waals surface area contributed by atoms with E-state index in [1.54, 1.807) is 6.07 Å². The summed E-state index contributed by atoms with van der Waals surface area (Å²) in [5, 5.41) is 10.9. The lowest BCUT2D eigenvalue weighted by Crippen LogP contribution is -2.32. The van der Waals surface area contributed by atoms with Crippen molar-refractivity contribution in [1.82, 2.24) is 0 Å². The molecule has 1 aliphatic heterocycles. The van der Waals surface area contributed by atoms with Gasteiger partial charge in [0.15, 0.2) is 0 Å². The lowest BCUT2D eigenvalue weighted by atomic mass is 9.82. The van der Waals surface area contributed by atoms with Gasteiger partial charge in [0.25, 0.3) is 5.69 Å². The van der Waals surface area contributed by atoms with Gasteiger partial charge in [-0.05, 0) is 31.2 Å². The minimum Gasteiger partial charge on any atom is -0.274 e. The van der Waals surface area contributed by atoms with Crippen molar-refractivity contribution in [3.63, 3.8) is 0 Å². The molecule has 2 bridgehead atoms. The largest absolute Gasteiger partial charge is 0.274 e. The zero-order valence-corrected chi connectivity index (χ0v) is 11.9. The molecule has 6 nitrogen and oxygen atoms in total.